The SMILES string of the molecule is O=C([C@@H]1CC(=O)N(C2CCCC2)C1)N1CC(c2ccccn2)C1. The van der Waals surface area contributed by atoms with Crippen LogP contribution in [0.1, 0.15) is 43.7 Å². The third kappa shape index (κ3) is 2.73. The van der Waals surface area contributed by atoms with E-state index in [2.05, 4.69) is 4.98 Å². The zero-order valence-corrected chi connectivity index (χ0v) is 13.4. The Kier molecular flexibility index (Phi) is 3.79. The molecule has 0 bridgehead atoms. The zero-order valence-electron chi connectivity index (χ0n) is 13.4. The largest absolute Gasteiger partial charge is 0.341 e. The van der Waals surface area contributed by atoms with Crippen LogP contribution in [-0.4, -0.2) is 52.3 Å². The fourth-order valence-corrected chi connectivity index (χ4v) is 4.19. The minimum absolute atomic E-state index is 0.132. The molecule has 1 aromatic heterocycles. The standard InChI is InChI=1S/C18H23N3O2/c22-17-9-13(12-21(17)15-5-1-2-6-15)18(23)20-10-14(11-20)16-7-3-4-8-19-16/h3-4,7-8,13-15H,1-2,5-6,9-12H2/t13-/m1/s1. The van der Waals surface area contributed by atoms with Crippen LogP contribution >= 0.6 is 0 Å². The maximum Gasteiger partial charge on any atom is 0.228 e. The summed E-state index contributed by atoms with van der Waals surface area (Å²) in [6, 6.07) is 6.31. The third-order valence-electron chi connectivity index (χ3n) is 5.57. The van der Waals surface area contributed by atoms with E-state index in [-0.39, 0.29) is 17.7 Å². The molecule has 1 atom stereocenters. The van der Waals surface area contributed by atoms with Crippen molar-refractivity contribution >= 4 is 11.8 Å². The molecule has 0 radical (unpaired) electrons. The predicted octanol–water partition coefficient (Wildman–Crippen LogP) is 1.80. The van der Waals surface area contributed by atoms with Crippen LogP contribution < -0.4 is 0 Å². The van der Waals surface area contributed by atoms with Crippen molar-refractivity contribution in [3.63, 3.8) is 0 Å². The van der Waals surface area contributed by atoms with Crippen LogP contribution in [0.25, 0.3) is 0 Å². The number of nitrogens with zero attached hydrogens (tertiary/aromatic N) is 3. The first-order chi connectivity index (χ1) is 11.2. The number of carbonyl (C=O) groups excluding carboxylic acids is 2. The molecule has 1 aromatic rings. The first kappa shape index (κ1) is 14.7. The van der Waals surface area contributed by atoms with Gasteiger partial charge in [0.15, 0.2) is 0 Å². The highest BCUT2D eigenvalue weighted by Gasteiger charge is 2.43. The Hall–Kier alpha value is -1.91. The van der Waals surface area contributed by atoms with Gasteiger partial charge in [-0.15, -0.1) is 0 Å². The van der Waals surface area contributed by atoms with Crippen molar-refractivity contribution in [3.05, 3.63) is 30.1 Å². The van der Waals surface area contributed by atoms with Gasteiger partial charge in [0.1, 0.15) is 0 Å². The molecular weight excluding hydrogens is 290 g/mol. The van der Waals surface area contributed by atoms with Crippen LogP contribution in [0.4, 0.5) is 0 Å². The third-order valence-corrected chi connectivity index (χ3v) is 5.57. The molecule has 4 rings (SSSR count). The molecule has 0 N–H and O–H groups in total. The van der Waals surface area contributed by atoms with Crippen LogP contribution in [0.2, 0.25) is 0 Å². The van der Waals surface area contributed by atoms with E-state index < -0.39 is 0 Å². The van der Waals surface area contributed by atoms with Crippen molar-refractivity contribution in [1.29, 1.82) is 0 Å². The maximum atomic E-state index is 12.6. The molecule has 3 aliphatic rings. The highest BCUT2D eigenvalue weighted by atomic mass is 16.2. The monoisotopic (exact) mass is 313 g/mol. The second-order valence-electron chi connectivity index (χ2n) is 7.08. The number of rotatable bonds is 3. The summed E-state index contributed by atoms with van der Waals surface area (Å²) in [5, 5.41) is 0. The summed E-state index contributed by atoms with van der Waals surface area (Å²) in [6.07, 6.45) is 6.85. The molecule has 5 heteroatoms. The van der Waals surface area contributed by atoms with Crippen molar-refractivity contribution in [2.24, 2.45) is 5.92 Å². The molecule has 5 nitrogen and oxygen atoms in total. The first-order valence-electron chi connectivity index (χ1n) is 8.71. The number of pyridine rings is 1. The van der Waals surface area contributed by atoms with Gasteiger partial charge in [-0.3, -0.25) is 14.6 Å². The maximum absolute atomic E-state index is 12.6. The summed E-state index contributed by atoms with van der Waals surface area (Å²) in [5.41, 5.74) is 1.06. The summed E-state index contributed by atoms with van der Waals surface area (Å²) >= 11 is 0. The van der Waals surface area contributed by atoms with Crippen LogP contribution in [0.3, 0.4) is 0 Å². The van der Waals surface area contributed by atoms with E-state index in [0.717, 1.165) is 31.6 Å². The lowest BCUT2D eigenvalue weighted by atomic mass is 9.93. The van der Waals surface area contributed by atoms with Crippen molar-refractivity contribution in [2.75, 3.05) is 19.6 Å². The van der Waals surface area contributed by atoms with E-state index in [0.29, 0.717) is 24.9 Å². The van der Waals surface area contributed by atoms with E-state index in [1.165, 1.54) is 12.8 Å². The summed E-state index contributed by atoms with van der Waals surface area (Å²) < 4.78 is 0. The molecule has 2 amide bonds. The highest BCUT2D eigenvalue weighted by Crippen LogP contribution is 2.32. The Morgan fingerprint density at radius 1 is 1.13 bits per heavy atom. The number of hydrogen-bond acceptors (Lipinski definition) is 3. The number of carbonyl (C=O) groups is 2. The van der Waals surface area contributed by atoms with Crippen LogP contribution in [0, 0.1) is 5.92 Å². The lowest BCUT2D eigenvalue weighted by molar-refractivity contribution is -0.140. The Balaban J connectivity index is 1.33. The molecule has 0 aromatic carbocycles. The summed E-state index contributed by atoms with van der Waals surface area (Å²) in [4.78, 5) is 33.1. The second kappa shape index (κ2) is 5.95. The number of likely N-dealkylation sites (tertiary alicyclic amines) is 2. The first-order valence-corrected chi connectivity index (χ1v) is 8.71. The van der Waals surface area contributed by atoms with Crippen molar-refractivity contribution in [1.82, 2.24) is 14.8 Å². The van der Waals surface area contributed by atoms with Crippen molar-refractivity contribution in [2.45, 2.75) is 44.1 Å². The molecule has 0 spiro atoms. The van der Waals surface area contributed by atoms with Crippen LogP contribution in [0.5, 0.6) is 0 Å². The number of aromatic nitrogens is 1. The Bertz CT molecular complexity index is 592. The zero-order chi connectivity index (χ0) is 15.8. The minimum Gasteiger partial charge on any atom is -0.341 e. The fourth-order valence-electron chi connectivity index (χ4n) is 4.19. The quantitative estimate of drug-likeness (QED) is 0.855. The van der Waals surface area contributed by atoms with E-state index in [1.54, 1.807) is 6.20 Å². The minimum atomic E-state index is -0.132. The number of amides is 2. The van der Waals surface area contributed by atoms with Gasteiger partial charge in [0.2, 0.25) is 11.8 Å². The molecule has 2 saturated heterocycles. The topological polar surface area (TPSA) is 53.5 Å². The molecule has 3 heterocycles. The van der Waals surface area contributed by atoms with Gasteiger partial charge in [-0.05, 0) is 25.0 Å². The van der Waals surface area contributed by atoms with Gasteiger partial charge in [0.05, 0.1) is 5.92 Å². The van der Waals surface area contributed by atoms with Gasteiger partial charge >= 0.3 is 0 Å². The molecule has 0 unspecified atom stereocenters. The Morgan fingerprint density at radius 2 is 1.91 bits per heavy atom. The molecule has 1 saturated carbocycles. The second-order valence-corrected chi connectivity index (χ2v) is 7.08. The Morgan fingerprint density at radius 3 is 2.61 bits per heavy atom. The van der Waals surface area contributed by atoms with Gasteiger partial charge in [0, 0.05) is 49.9 Å². The van der Waals surface area contributed by atoms with E-state index in [1.807, 2.05) is 28.0 Å². The average Bonchev–Trinajstić information content (AvgIpc) is 3.16. The molecule has 1 aliphatic carbocycles. The van der Waals surface area contributed by atoms with Crippen LogP contribution in [-0.2, 0) is 9.59 Å². The predicted molar refractivity (Wildman–Crippen MR) is 85.6 cm³/mol. The van der Waals surface area contributed by atoms with Gasteiger partial charge in [-0.2, -0.15) is 0 Å². The lowest BCUT2D eigenvalue weighted by Crippen LogP contribution is -2.51. The summed E-state index contributed by atoms with van der Waals surface area (Å²) in [5.74, 6) is 0.555. The molecule has 23 heavy (non-hydrogen) atoms. The van der Waals surface area contributed by atoms with E-state index in [4.69, 9.17) is 0 Å². The van der Waals surface area contributed by atoms with E-state index in [9.17, 15) is 9.59 Å². The highest BCUT2D eigenvalue weighted by molar-refractivity contribution is 5.89. The molecule has 3 fully saturated rings. The van der Waals surface area contributed by atoms with Gasteiger partial charge in [-0.25, -0.2) is 0 Å². The van der Waals surface area contributed by atoms with Crippen molar-refractivity contribution < 1.29 is 9.59 Å². The van der Waals surface area contributed by atoms with Gasteiger partial charge in [0.25, 0.3) is 0 Å². The van der Waals surface area contributed by atoms with E-state index >= 15 is 0 Å². The lowest BCUT2D eigenvalue weighted by Gasteiger charge is -2.40. The molecule has 122 valence electrons. The van der Waals surface area contributed by atoms with Gasteiger partial charge < -0.3 is 9.80 Å². The van der Waals surface area contributed by atoms with Gasteiger partial charge in [-0.1, -0.05) is 18.9 Å². The molecular formula is C18H23N3O2. The van der Waals surface area contributed by atoms with Crippen molar-refractivity contribution in [3.8, 4) is 0 Å². The fraction of sp³-hybridized carbons (Fsp3) is 0.611. The Labute approximate surface area is 136 Å². The molecule has 2 aliphatic heterocycles. The normalized spacial score (nSPS) is 25.9. The summed E-state index contributed by atoms with van der Waals surface area (Å²) in [6.45, 7) is 2.11. The van der Waals surface area contributed by atoms with Crippen LogP contribution in [0.15, 0.2) is 24.4 Å². The number of hydrogen-bond donors (Lipinski definition) is 0. The smallest absolute Gasteiger partial charge is 0.228 e. The summed E-state index contributed by atoms with van der Waals surface area (Å²) in [7, 11) is 0. The average molecular weight is 313 g/mol.